The van der Waals surface area contributed by atoms with Gasteiger partial charge in [-0.1, -0.05) is 23.7 Å². The molecule has 82 valence electrons. The van der Waals surface area contributed by atoms with E-state index in [0.717, 1.165) is 12.1 Å². The van der Waals surface area contributed by atoms with Crippen molar-refractivity contribution in [2.45, 2.75) is 6.18 Å². The van der Waals surface area contributed by atoms with Crippen LogP contribution < -0.4 is 5.32 Å². The predicted molar refractivity (Wildman–Crippen MR) is 54.9 cm³/mol. The Balaban J connectivity index is 2.75. The van der Waals surface area contributed by atoms with E-state index < -0.39 is 11.7 Å². The van der Waals surface area contributed by atoms with E-state index in [4.69, 9.17) is 11.6 Å². The van der Waals surface area contributed by atoms with E-state index in [1.54, 1.807) is 12.1 Å². The van der Waals surface area contributed by atoms with Gasteiger partial charge in [0, 0.05) is 17.8 Å². The van der Waals surface area contributed by atoms with Gasteiger partial charge in [0.15, 0.2) is 0 Å². The summed E-state index contributed by atoms with van der Waals surface area (Å²) >= 11 is 5.27. The van der Waals surface area contributed by atoms with Gasteiger partial charge in [-0.25, -0.2) is 0 Å². The van der Waals surface area contributed by atoms with Crippen LogP contribution in [0.2, 0.25) is 0 Å². The molecule has 0 unspecified atom stereocenters. The zero-order valence-electron chi connectivity index (χ0n) is 7.68. The van der Waals surface area contributed by atoms with Crippen LogP contribution in [-0.2, 0) is 6.18 Å². The lowest BCUT2D eigenvalue weighted by molar-refractivity contribution is -0.137. The lowest BCUT2D eigenvalue weighted by Gasteiger charge is -2.09. The van der Waals surface area contributed by atoms with Gasteiger partial charge in [-0.15, -0.1) is 0 Å². The average molecular weight is 236 g/mol. The van der Waals surface area contributed by atoms with Crippen LogP contribution in [0.1, 0.15) is 5.56 Å². The second-order valence-electron chi connectivity index (χ2n) is 2.82. The van der Waals surface area contributed by atoms with Crippen LogP contribution in [0, 0.1) is 0 Å². The zero-order chi connectivity index (χ0) is 11.3. The smallest absolute Gasteiger partial charge is 0.382 e. The molecule has 0 saturated heterocycles. The summed E-state index contributed by atoms with van der Waals surface area (Å²) in [5, 5.41) is 2.79. The summed E-state index contributed by atoms with van der Waals surface area (Å²) in [6.07, 6.45) is -2.71. The first kappa shape index (κ1) is 11.9. The summed E-state index contributed by atoms with van der Waals surface area (Å²) in [5.41, 5.74) is 1.06. The third-order valence-corrected chi connectivity index (χ3v) is 1.88. The molecule has 15 heavy (non-hydrogen) atoms. The van der Waals surface area contributed by atoms with Crippen molar-refractivity contribution in [2.24, 2.45) is 0 Å². The van der Waals surface area contributed by atoms with E-state index in [1.165, 1.54) is 11.6 Å². The SMILES string of the molecule is FC(F)(F)c1cccc(NC/C=C/Cl)c1. The average Bonchev–Trinajstić information content (AvgIpc) is 2.17. The summed E-state index contributed by atoms with van der Waals surface area (Å²) in [5.74, 6) is 0. The molecule has 0 saturated carbocycles. The number of rotatable bonds is 3. The van der Waals surface area contributed by atoms with Gasteiger partial charge in [0.25, 0.3) is 0 Å². The molecule has 1 aromatic rings. The molecule has 0 radical (unpaired) electrons. The van der Waals surface area contributed by atoms with Gasteiger partial charge in [-0.05, 0) is 18.2 Å². The van der Waals surface area contributed by atoms with Crippen LogP contribution in [-0.4, -0.2) is 6.54 Å². The second-order valence-corrected chi connectivity index (χ2v) is 3.07. The first-order chi connectivity index (χ1) is 7.04. The molecule has 1 rings (SSSR count). The maximum absolute atomic E-state index is 12.3. The van der Waals surface area contributed by atoms with E-state index in [2.05, 4.69) is 5.32 Å². The van der Waals surface area contributed by atoms with Crippen LogP contribution >= 0.6 is 11.6 Å². The molecule has 1 nitrogen and oxygen atoms in total. The highest BCUT2D eigenvalue weighted by atomic mass is 35.5. The van der Waals surface area contributed by atoms with Crippen molar-refractivity contribution in [3.63, 3.8) is 0 Å². The second kappa shape index (κ2) is 5.07. The minimum atomic E-state index is -4.31. The van der Waals surface area contributed by atoms with Crippen molar-refractivity contribution in [1.82, 2.24) is 0 Å². The molecule has 0 aromatic heterocycles. The lowest BCUT2D eigenvalue weighted by Crippen LogP contribution is -2.06. The molecule has 0 aliphatic heterocycles. The van der Waals surface area contributed by atoms with Crippen LogP contribution in [0.4, 0.5) is 18.9 Å². The highest BCUT2D eigenvalue weighted by molar-refractivity contribution is 6.25. The molecule has 1 N–H and O–H groups in total. The van der Waals surface area contributed by atoms with Gasteiger partial charge in [0.1, 0.15) is 0 Å². The summed E-state index contributed by atoms with van der Waals surface area (Å²) in [6, 6.07) is 5.01. The Morgan fingerprint density at radius 1 is 1.33 bits per heavy atom. The molecule has 0 spiro atoms. The summed E-state index contributed by atoms with van der Waals surface area (Å²) in [4.78, 5) is 0. The van der Waals surface area contributed by atoms with Crippen molar-refractivity contribution in [1.29, 1.82) is 0 Å². The summed E-state index contributed by atoms with van der Waals surface area (Å²) < 4.78 is 36.9. The van der Waals surface area contributed by atoms with Crippen molar-refractivity contribution in [2.75, 3.05) is 11.9 Å². The Morgan fingerprint density at radius 2 is 2.07 bits per heavy atom. The Kier molecular flexibility index (Phi) is 4.03. The number of halogens is 4. The Bertz CT molecular complexity index is 347. The molecule has 0 heterocycles. The first-order valence-corrected chi connectivity index (χ1v) is 4.64. The third-order valence-electron chi connectivity index (χ3n) is 1.70. The standard InChI is InChI=1S/C10H9ClF3N/c11-5-2-6-15-9-4-1-3-8(7-9)10(12,13)14/h1-5,7,15H,6H2/b5-2+. The molecule has 0 bridgehead atoms. The monoisotopic (exact) mass is 235 g/mol. The van der Waals surface area contributed by atoms with Gasteiger partial charge >= 0.3 is 6.18 Å². The highest BCUT2D eigenvalue weighted by Crippen LogP contribution is 2.30. The Morgan fingerprint density at radius 3 is 2.67 bits per heavy atom. The van der Waals surface area contributed by atoms with Crippen LogP contribution in [0.3, 0.4) is 0 Å². The number of anilines is 1. The van der Waals surface area contributed by atoms with Gasteiger partial charge in [0.2, 0.25) is 0 Å². The van der Waals surface area contributed by atoms with Crippen molar-refractivity contribution < 1.29 is 13.2 Å². The number of alkyl halides is 3. The minimum Gasteiger partial charge on any atom is -0.382 e. The number of nitrogens with one attached hydrogen (secondary N) is 1. The number of hydrogen-bond acceptors (Lipinski definition) is 1. The minimum absolute atomic E-state index is 0.394. The first-order valence-electron chi connectivity index (χ1n) is 4.20. The number of hydrogen-bond donors (Lipinski definition) is 1. The number of benzene rings is 1. The van der Waals surface area contributed by atoms with Crippen molar-refractivity contribution in [3.8, 4) is 0 Å². The van der Waals surface area contributed by atoms with E-state index in [-0.39, 0.29) is 0 Å². The molecule has 1 aromatic carbocycles. The molecule has 0 fully saturated rings. The van der Waals surface area contributed by atoms with Gasteiger partial charge in [-0.2, -0.15) is 13.2 Å². The highest BCUT2D eigenvalue weighted by Gasteiger charge is 2.30. The molecule has 0 amide bonds. The van der Waals surface area contributed by atoms with Crippen molar-refractivity contribution >= 4 is 17.3 Å². The largest absolute Gasteiger partial charge is 0.416 e. The lowest BCUT2D eigenvalue weighted by atomic mass is 10.2. The van der Waals surface area contributed by atoms with E-state index in [0.29, 0.717) is 12.2 Å². The van der Waals surface area contributed by atoms with Crippen molar-refractivity contribution in [3.05, 3.63) is 41.4 Å². The van der Waals surface area contributed by atoms with Gasteiger partial charge in [0.05, 0.1) is 5.56 Å². The topological polar surface area (TPSA) is 12.0 Å². The van der Waals surface area contributed by atoms with Crippen LogP contribution in [0.15, 0.2) is 35.9 Å². The maximum Gasteiger partial charge on any atom is 0.416 e. The van der Waals surface area contributed by atoms with E-state index in [9.17, 15) is 13.2 Å². The Labute approximate surface area is 90.6 Å². The van der Waals surface area contributed by atoms with Crippen LogP contribution in [0.5, 0.6) is 0 Å². The maximum atomic E-state index is 12.3. The molecule has 5 heteroatoms. The summed E-state index contributed by atoms with van der Waals surface area (Å²) in [6.45, 7) is 0.394. The predicted octanol–water partition coefficient (Wildman–Crippen LogP) is 3.87. The quantitative estimate of drug-likeness (QED) is 0.839. The zero-order valence-corrected chi connectivity index (χ0v) is 8.44. The fraction of sp³-hybridized carbons (Fsp3) is 0.200. The van der Waals surface area contributed by atoms with Crippen LogP contribution in [0.25, 0.3) is 0 Å². The van der Waals surface area contributed by atoms with E-state index >= 15 is 0 Å². The normalized spacial score (nSPS) is 12.0. The summed E-state index contributed by atoms with van der Waals surface area (Å²) in [7, 11) is 0. The molecular formula is C10H9ClF3N. The molecular weight excluding hydrogens is 227 g/mol. The van der Waals surface area contributed by atoms with Gasteiger partial charge < -0.3 is 5.32 Å². The molecule has 0 aliphatic carbocycles. The van der Waals surface area contributed by atoms with E-state index in [1.807, 2.05) is 0 Å². The fourth-order valence-corrected chi connectivity index (χ4v) is 1.12. The van der Waals surface area contributed by atoms with Gasteiger partial charge in [-0.3, -0.25) is 0 Å². The Hall–Kier alpha value is -1.16. The molecule has 0 aliphatic rings. The fourth-order valence-electron chi connectivity index (χ4n) is 1.03. The molecule has 0 atom stereocenters. The third kappa shape index (κ3) is 3.83.